The number of hydrogen-bond donors (Lipinski definition) is 1. The molecule has 0 aromatic heterocycles. The van der Waals surface area contributed by atoms with Crippen LogP contribution < -0.4 is 10.1 Å². The van der Waals surface area contributed by atoms with Gasteiger partial charge in [-0.3, -0.25) is 0 Å². The van der Waals surface area contributed by atoms with E-state index in [2.05, 4.69) is 45.5 Å². The van der Waals surface area contributed by atoms with Crippen molar-refractivity contribution in [3.05, 3.63) is 64.1 Å². The van der Waals surface area contributed by atoms with Crippen LogP contribution in [-0.4, -0.2) is 13.7 Å². The number of ether oxygens (including phenoxy) is 1. The van der Waals surface area contributed by atoms with Gasteiger partial charge in [-0.25, -0.2) is 0 Å². The third-order valence-electron chi connectivity index (χ3n) is 2.98. The highest BCUT2D eigenvalue weighted by molar-refractivity contribution is 9.10. The SMILES string of the molecule is COc1ccccc1CCNCc1cccc(Br)c1. The minimum atomic E-state index is 0.884. The van der Waals surface area contributed by atoms with Crippen LogP contribution in [0.3, 0.4) is 0 Å². The van der Waals surface area contributed by atoms with Crippen LogP contribution in [0.2, 0.25) is 0 Å². The summed E-state index contributed by atoms with van der Waals surface area (Å²) in [5.41, 5.74) is 2.53. The maximum absolute atomic E-state index is 5.34. The molecule has 2 aromatic carbocycles. The quantitative estimate of drug-likeness (QED) is 0.818. The van der Waals surface area contributed by atoms with E-state index in [9.17, 15) is 0 Å². The minimum Gasteiger partial charge on any atom is -0.496 e. The fraction of sp³-hybridized carbons (Fsp3) is 0.250. The van der Waals surface area contributed by atoms with E-state index in [-0.39, 0.29) is 0 Å². The van der Waals surface area contributed by atoms with Crippen molar-refractivity contribution in [2.75, 3.05) is 13.7 Å². The van der Waals surface area contributed by atoms with Crippen LogP contribution in [0.4, 0.5) is 0 Å². The molecule has 0 aliphatic carbocycles. The first-order valence-electron chi connectivity index (χ1n) is 6.36. The topological polar surface area (TPSA) is 21.3 Å². The van der Waals surface area contributed by atoms with Crippen LogP contribution in [0, 0.1) is 0 Å². The van der Waals surface area contributed by atoms with Crippen molar-refractivity contribution >= 4 is 15.9 Å². The maximum Gasteiger partial charge on any atom is 0.122 e. The molecule has 0 saturated carbocycles. The molecule has 0 radical (unpaired) electrons. The second kappa shape index (κ2) is 7.31. The van der Waals surface area contributed by atoms with Crippen LogP contribution in [0.15, 0.2) is 53.0 Å². The third-order valence-corrected chi connectivity index (χ3v) is 3.48. The van der Waals surface area contributed by atoms with Crippen LogP contribution in [0.5, 0.6) is 5.75 Å². The summed E-state index contributed by atoms with van der Waals surface area (Å²) in [7, 11) is 1.72. The molecular formula is C16H18BrNO. The van der Waals surface area contributed by atoms with Crippen molar-refractivity contribution in [1.82, 2.24) is 5.32 Å². The average Bonchev–Trinajstić information content (AvgIpc) is 2.44. The van der Waals surface area contributed by atoms with Gasteiger partial charge in [0.15, 0.2) is 0 Å². The molecule has 0 spiro atoms. The molecule has 0 amide bonds. The summed E-state index contributed by atoms with van der Waals surface area (Å²) in [6.45, 7) is 1.82. The van der Waals surface area contributed by atoms with Crippen molar-refractivity contribution in [2.45, 2.75) is 13.0 Å². The van der Waals surface area contributed by atoms with Crippen molar-refractivity contribution in [3.8, 4) is 5.75 Å². The highest BCUT2D eigenvalue weighted by atomic mass is 79.9. The molecule has 19 heavy (non-hydrogen) atoms. The lowest BCUT2D eigenvalue weighted by Crippen LogP contribution is -2.16. The molecular weight excluding hydrogens is 302 g/mol. The van der Waals surface area contributed by atoms with Crippen molar-refractivity contribution in [3.63, 3.8) is 0 Å². The van der Waals surface area contributed by atoms with Gasteiger partial charge in [-0.2, -0.15) is 0 Å². The number of nitrogens with one attached hydrogen (secondary N) is 1. The molecule has 2 rings (SSSR count). The summed E-state index contributed by atoms with van der Waals surface area (Å²) in [4.78, 5) is 0. The maximum atomic E-state index is 5.34. The monoisotopic (exact) mass is 319 g/mol. The Balaban J connectivity index is 1.81. The number of benzene rings is 2. The largest absolute Gasteiger partial charge is 0.496 e. The van der Waals surface area contributed by atoms with Crippen molar-refractivity contribution < 1.29 is 4.74 Å². The summed E-state index contributed by atoms with van der Waals surface area (Å²) < 4.78 is 6.46. The van der Waals surface area contributed by atoms with Gasteiger partial charge in [0.25, 0.3) is 0 Å². The van der Waals surface area contributed by atoms with E-state index in [4.69, 9.17) is 4.74 Å². The lowest BCUT2D eigenvalue weighted by molar-refractivity contribution is 0.409. The number of rotatable bonds is 6. The molecule has 0 aliphatic heterocycles. The van der Waals surface area contributed by atoms with Crippen LogP contribution in [-0.2, 0) is 13.0 Å². The van der Waals surface area contributed by atoms with Crippen molar-refractivity contribution in [2.24, 2.45) is 0 Å². The Morgan fingerprint density at radius 1 is 1.11 bits per heavy atom. The highest BCUT2D eigenvalue weighted by Gasteiger charge is 2.01. The summed E-state index contributed by atoms with van der Waals surface area (Å²) in [5, 5.41) is 3.45. The standard InChI is InChI=1S/C16H18BrNO/c1-19-16-8-3-2-6-14(16)9-10-18-12-13-5-4-7-15(17)11-13/h2-8,11,18H,9-10,12H2,1H3. The third kappa shape index (κ3) is 4.37. The number of halogens is 1. The lowest BCUT2D eigenvalue weighted by atomic mass is 10.1. The zero-order valence-electron chi connectivity index (χ0n) is 11.0. The number of para-hydroxylation sites is 1. The first-order chi connectivity index (χ1) is 9.29. The molecule has 0 bridgehead atoms. The van der Waals surface area contributed by atoms with Gasteiger partial charge in [0.05, 0.1) is 7.11 Å². The minimum absolute atomic E-state index is 0.884. The van der Waals surface area contributed by atoms with E-state index in [0.717, 1.165) is 29.7 Å². The Kier molecular flexibility index (Phi) is 5.43. The van der Waals surface area contributed by atoms with Crippen molar-refractivity contribution in [1.29, 1.82) is 0 Å². The molecule has 0 heterocycles. The highest BCUT2D eigenvalue weighted by Crippen LogP contribution is 2.17. The average molecular weight is 320 g/mol. The van der Waals surface area contributed by atoms with Gasteiger partial charge < -0.3 is 10.1 Å². The van der Waals surface area contributed by atoms with E-state index in [0.29, 0.717) is 0 Å². The van der Waals surface area contributed by atoms with E-state index >= 15 is 0 Å². The van der Waals surface area contributed by atoms with E-state index in [1.807, 2.05) is 24.3 Å². The van der Waals surface area contributed by atoms with Gasteiger partial charge >= 0.3 is 0 Å². The van der Waals surface area contributed by atoms with E-state index in [1.165, 1.54) is 11.1 Å². The zero-order chi connectivity index (χ0) is 13.5. The molecule has 2 aromatic rings. The molecule has 1 N–H and O–H groups in total. The molecule has 0 unspecified atom stereocenters. The zero-order valence-corrected chi connectivity index (χ0v) is 12.6. The second-order valence-electron chi connectivity index (χ2n) is 4.37. The van der Waals surface area contributed by atoms with Crippen LogP contribution in [0.25, 0.3) is 0 Å². The van der Waals surface area contributed by atoms with E-state index < -0.39 is 0 Å². The van der Waals surface area contributed by atoms with Crippen LogP contribution in [0.1, 0.15) is 11.1 Å². The van der Waals surface area contributed by atoms with Crippen LogP contribution >= 0.6 is 15.9 Å². The first-order valence-corrected chi connectivity index (χ1v) is 7.16. The van der Waals surface area contributed by atoms with Gasteiger partial charge in [0, 0.05) is 11.0 Å². The Labute approximate surface area is 122 Å². The Hall–Kier alpha value is -1.32. The smallest absolute Gasteiger partial charge is 0.122 e. The predicted octanol–water partition coefficient (Wildman–Crippen LogP) is 3.79. The normalized spacial score (nSPS) is 10.4. The van der Waals surface area contributed by atoms with Gasteiger partial charge in [-0.15, -0.1) is 0 Å². The number of hydrogen-bond acceptors (Lipinski definition) is 2. The fourth-order valence-corrected chi connectivity index (χ4v) is 2.46. The summed E-state index contributed by atoms with van der Waals surface area (Å²) >= 11 is 3.48. The second-order valence-corrected chi connectivity index (χ2v) is 5.28. The number of methoxy groups -OCH3 is 1. The Morgan fingerprint density at radius 2 is 1.95 bits per heavy atom. The fourth-order valence-electron chi connectivity index (χ4n) is 2.01. The summed E-state index contributed by atoms with van der Waals surface area (Å²) in [6.07, 6.45) is 0.970. The summed E-state index contributed by atoms with van der Waals surface area (Å²) in [5.74, 6) is 0.965. The molecule has 0 saturated heterocycles. The summed E-state index contributed by atoms with van der Waals surface area (Å²) in [6, 6.07) is 16.5. The predicted molar refractivity (Wildman–Crippen MR) is 82.5 cm³/mol. The molecule has 0 aliphatic rings. The molecule has 0 fully saturated rings. The molecule has 2 nitrogen and oxygen atoms in total. The van der Waals surface area contributed by atoms with Gasteiger partial charge in [0.1, 0.15) is 5.75 Å². The molecule has 0 atom stereocenters. The Bertz CT molecular complexity index is 528. The van der Waals surface area contributed by atoms with E-state index in [1.54, 1.807) is 7.11 Å². The molecule has 3 heteroatoms. The van der Waals surface area contributed by atoms with Gasteiger partial charge in [-0.05, 0) is 42.3 Å². The molecule has 100 valence electrons. The lowest BCUT2D eigenvalue weighted by Gasteiger charge is -2.09. The first kappa shape index (κ1) is 14.1. The van der Waals surface area contributed by atoms with Gasteiger partial charge in [0.2, 0.25) is 0 Å². The Morgan fingerprint density at radius 3 is 2.74 bits per heavy atom. The van der Waals surface area contributed by atoms with Gasteiger partial charge in [-0.1, -0.05) is 46.3 Å².